The van der Waals surface area contributed by atoms with Gasteiger partial charge in [-0.2, -0.15) is 13.2 Å². The van der Waals surface area contributed by atoms with E-state index < -0.39 is 32.0 Å². The van der Waals surface area contributed by atoms with Gasteiger partial charge in [0.1, 0.15) is 5.25 Å². The first-order valence-corrected chi connectivity index (χ1v) is 7.46. The van der Waals surface area contributed by atoms with Crippen LogP contribution in [0.25, 0.3) is 0 Å². The minimum atomic E-state index is -4.69. The SMILES string of the molecule is CC(C(N)=S)S(=O)(=O)Nc1ccc(Cl)c(C(F)(F)F)c1. The monoisotopic (exact) mass is 346 g/mol. The van der Waals surface area contributed by atoms with Crippen LogP contribution in [0.4, 0.5) is 18.9 Å². The highest BCUT2D eigenvalue weighted by Crippen LogP contribution is 2.36. The van der Waals surface area contributed by atoms with E-state index in [2.05, 4.69) is 12.2 Å². The average molecular weight is 347 g/mol. The topological polar surface area (TPSA) is 72.2 Å². The molecular weight excluding hydrogens is 337 g/mol. The van der Waals surface area contributed by atoms with Gasteiger partial charge in [0, 0.05) is 5.69 Å². The van der Waals surface area contributed by atoms with Crippen molar-refractivity contribution >= 4 is 44.5 Å². The Morgan fingerprint density at radius 1 is 1.45 bits per heavy atom. The number of sulfonamides is 1. The fraction of sp³-hybridized carbons (Fsp3) is 0.300. The second-order valence-electron chi connectivity index (χ2n) is 3.88. The molecule has 1 unspecified atom stereocenters. The minimum Gasteiger partial charge on any atom is -0.392 e. The van der Waals surface area contributed by atoms with Gasteiger partial charge < -0.3 is 5.73 Å². The number of alkyl halides is 3. The third-order valence-corrected chi connectivity index (χ3v) is 4.94. The third kappa shape index (κ3) is 3.97. The molecule has 10 heteroatoms. The Bertz CT molecular complexity index is 632. The number of hydrogen-bond donors (Lipinski definition) is 2. The van der Waals surface area contributed by atoms with Crippen LogP contribution >= 0.6 is 23.8 Å². The van der Waals surface area contributed by atoms with E-state index in [9.17, 15) is 21.6 Å². The van der Waals surface area contributed by atoms with Crippen molar-refractivity contribution in [1.82, 2.24) is 0 Å². The zero-order chi connectivity index (χ0) is 15.7. The quantitative estimate of drug-likeness (QED) is 0.822. The molecule has 1 atom stereocenters. The number of anilines is 1. The molecule has 0 aromatic heterocycles. The first-order valence-electron chi connectivity index (χ1n) is 5.13. The van der Waals surface area contributed by atoms with E-state index in [1.54, 1.807) is 0 Å². The second-order valence-corrected chi connectivity index (χ2v) is 6.76. The maximum atomic E-state index is 12.6. The fourth-order valence-electron chi connectivity index (χ4n) is 1.21. The van der Waals surface area contributed by atoms with Crippen molar-refractivity contribution in [2.75, 3.05) is 4.72 Å². The number of nitrogens with one attached hydrogen (secondary N) is 1. The summed E-state index contributed by atoms with van der Waals surface area (Å²) in [5.41, 5.74) is 3.80. The Kier molecular flexibility index (Phi) is 4.88. The summed E-state index contributed by atoms with van der Waals surface area (Å²) in [7, 11) is -4.01. The maximum absolute atomic E-state index is 12.6. The fourth-order valence-corrected chi connectivity index (χ4v) is 2.75. The number of halogens is 4. The zero-order valence-electron chi connectivity index (χ0n) is 10.0. The average Bonchev–Trinajstić information content (AvgIpc) is 2.28. The van der Waals surface area contributed by atoms with Crippen molar-refractivity contribution in [3.8, 4) is 0 Å². The number of hydrogen-bond acceptors (Lipinski definition) is 3. The van der Waals surface area contributed by atoms with E-state index in [0.29, 0.717) is 6.07 Å². The number of benzene rings is 1. The molecule has 0 aliphatic heterocycles. The molecule has 112 valence electrons. The molecule has 1 rings (SSSR count). The summed E-state index contributed by atoms with van der Waals surface area (Å²) >= 11 is 9.97. The predicted octanol–water partition coefficient (Wildman–Crippen LogP) is 2.78. The minimum absolute atomic E-state index is 0.273. The van der Waals surface area contributed by atoms with E-state index in [4.69, 9.17) is 17.3 Å². The predicted molar refractivity (Wildman–Crippen MR) is 75.2 cm³/mol. The molecule has 0 radical (unpaired) electrons. The van der Waals surface area contributed by atoms with Gasteiger partial charge in [0.25, 0.3) is 0 Å². The highest BCUT2D eigenvalue weighted by molar-refractivity contribution is 7.95. The Balaban J connectivity index is 3.15. The summed E-state index contributed by atoms with van der Waals surface area (Å²) in [6.45, 7) is 1.23. The number of rotatable bonds is 4. The maximum Gasteiger partial charge on any atom is 0.417 e. The first-order chi connectivity index (χ1) is 8.95. The van der Waals surface area contributed by atoms with Gasteiger partial charge in [0.05, 0.1) is 15.6 Å². The molecule has 0 aliphatic carbocycles. The summed E-state index contributed by atoms with van der Waals surface area (Å²) in [5.74, 6) is 0. The molecule has 0 amide bonds. The molecule has 0 spiro atoms. The molecule has 1 aromatic rings. The van der Waals surface area contributed by atoms with E-state index in [-0.39, 0.29) is 10.7 Å². The summed E-state index contributed by atoms with van der Waals surface area (Å²) in [6.07, 6.45) is -4.69. The first kappa shape index (κ1) is 17.0. The lowest BCUT2D eigenvalue weighted by Crippen LogP contribution is -2.35. The molecule has 4 nitrogen and oxygen atoms in total. The molecule has 0 aliphatic rings. The molecule has 20 heavy (non-hydrogen) atoms. The van der Waals surface area contributed by atoms with Gasteiger partial charge in [-0.05, 0) is 25.1 Å². The van der Waals surface area contributed by atoms with Crippen molar-refractivity contribution in [3.63, 3.8) is 0 Å². The van der Waals surface area contributed by atoms with Crippen molar-refractivity contribution in [1.29, 1.82) is 0 Å². The summed E-state index contributed by atoms with van der Waals surface area (Å²) in [4.78, 5) is -0.289. The molecule has 0 fully saturated rings. The summed E-state index contributed by atoms with van der Waals surface area (Å²) in [5, 5.41) is -1.75. The lowest BCUT2D eigenvalue weighted by molar-refractivity contribution is -0.137. The van der Waals surface area contributed by atoms with Gasteiger partial charge >= 0.3 is 6.18 Å². The summed E-state index contributed by atoms with van der Waals surface area (Å²) in [6, 6.07) is 2.67. The largest absolute Gasteiger partial charge is 0.417 e. The van der Waals surface area contributed by atoms with Crippen LogP contribution in [0.2, 0.25) is 5.02 Å². The van der Waals surface area contributed by atoms with Crippen LogP contribution in [0.1, 0.15) is 12.5 Å². The van der Waals surface area contributed by atoms with Crippen molar-refractivity contribution < 1.29 is 21.6 Å². The Morgan fingerprint density at radius 2 is 2.00 bits per heavy atom. The zero-order valence-corrected chi connectivity index (χ0v) is 12.4. The van der Waals surface area contributed by atoms with Crippen LogP contribution in [0.5, 0.6) is 0 Å². The van der Waals surface area contributed by atoms with E-state index >= 15 is 0 Å². The Labute approximate surface area is 124 Å². The van der Waals surface area contributed by atoms with Gasteiger partial charge in [0.15, 0.2) is 0 Å². The standard InChI is InChI=1S/C10H10ClF3N2O2S2/c1-5(9(15)19)20(17,18)16-6-2-3-8(11)7(4-6)10(12,13)14/h2-5,16H,1H3,(H2,15,19). The van der Waals surface area contributed by atoms with E-state index in [1.807, 2.05) is 4.72 Å². The number of thiocarbonyl (C=S) groups is 1. The molecule has 3 N–H and O–H groups in total. The van der Waals surface area contributed by atoms with Gasteiger partial charge in [-0.3, -0.25) is 4.72 Å². The van der Waals surface area contributed by atoms with Crippen molar-refractivity contribution in [2.24, 2.45) is 5.73 Å². The molecule has 0 bridgehead atoms. The van der Waals surface area contributed by atoms with Crippen LogP contribution in [0.3, 0.4) is 0 Å². The highest BCUT2D eigenvalue weighted by atomic mass is 35.5. The van der Waals surface area contributed by atoms with E-state index in [0.717, 1.165) is 12.1 Å². The smallest absolute Gasteiger partial charge is 0.392 e. The van der Waals surface area contributed by atoms with Gasteiger partial charge in [0.2, 0.25) is 10.0 Å². The summed E-state index contributed by atoms with van der Waals surface area (Å²) < 4.78 is 63.5. The Morgan fingerprint density at radius 3 is 2.45 bits per heavy atom. The van der Waals surface area contributed by atoms with Crippen LogP contribution in [0.15, 0.2) is 18.2 Å². The molecule has 1 aromatic carbocycles. The van der Waals surface area contributed by atoms with Crippen LogP contribution in [-0.4, -0.2) is 18.7 Å². The van der Waals surface area contributed by atoms with Crippen molar-refractivity contribution in [3.05, 3.63) is 28.8 Å². The third-order valence-electron chi connectivity index (χ3n) is 2.40. The molecule has 0 heterocycles. The van der Waals surface area contributed by atoms with Gasteiger partial charge in [-0.15, -0.1) is 0 Å². The molecular formula is C10H10ClF3N2O2S2. The van der Waals surface area contributed by atoms with E-state index in [1.165, 1.54) is 6.92 Å². The van der Waals surface area contributed by atoms with Crippen molar-refractivity contribution in [2.45, 2.75) is 18.3 Å². The second kappa shape index (κ2) is 5.74. The van der Waals surface area contributed by atoms with Crippen LogP contribution in [0, 0.1) is 0 Å². The molecule has 0 saturated heterocycles. The molecule has 0 saturated carbocycles. The van der Waals surface area contributed by atoms with Crippen LogP contribution in [-0.2, 0) is 16.2 Å². The Hall–Kier alpha value is -1.06. The normalized spacial score (nSPS) is 13.8. The lowest BCUT2D eigenvalue weighted by atomic mass is 10.2. The highest BCUT2D eigenvalue weighted by Gasteiger charge is 2.34. The van der Waals surface area contributed by atoms with Gasteiger partial charge in [-0.25, -0.2) is 8.42 Å². The van der Waals surface area contributed by atoms with Crippen LogP contribution < -0.4 is 10.5 Å². The number of nitrogens with two attached hydrogens (primary N) is 1. The van der Waals surface area contributed by atoms with Gasteiger partial charge in [-0.1, -0.05) is 23.8 Å². The lowest BCUT2D eigenvalue weighted by Gasteiger charge is -2.15.